The molecule has 1 aliphatic carbocycles. The van der Waals surface area contributed by atoms with E-state index in [0.717, 1.165) is 24.8 Å². The minimum absolute atomic E-state index is 0.0116. The quantitative estimate of drug-likeness (QED) is 0.492. The summed E-state index contributed by atoms with van der Waals surface area (Å²) in [6.45, 7) is 2.59. The van der Waals surface area contributed by atoms with E-state index in [0.29, 0.717) is 18.8 Å². The number of halogens is 1. The highest BCUT2D eigenvalue weighted by molar-refractivity contribution is 14.1. The number of carbonyl (C=O) groups is 1. The van der Waals surface area contributed by atoms with Crippen LogP contribution < -0.4 is 0 Å². The van der Waals surface area contributed by atoms with Crippen LogP contribution in [0, 0.1) is 9.49 Å². The van der Waals surface area contributed by atoms with Gasteiger partial charge in [0.05, 0.1) is 0 Å². The van der Waals surface area contributed by atoms with Gasteiger partial charge in [-0.1, -0.05) is 31.4 Å². The Morgan fingerprint density at radius 2 is 1.93 bits per heavy atom. The lowest BCUT2D eigenvalue weighted by Crippen LogP contribution is -2.43. The van der Waals surface area contributed by atoms with E-state index in [1.165, 1.54) is 22.8 Å². The van der Waals surface area contributed by atoms with Gasteiger partial charge in [0, 0.05) is 41.7 Å². The summed E-state index contributed by atoms with van der Waals surface area (Å²) in [5.41, 5.74) is 1.15. The first-order valence-corrected chi connectivity index (χ1v) is 12.3. The number of hydrogen-bond donors (Lipinski definition) is 1. The summed E-state index contributed by atoms with van der Waals surface area (Å²) >= 11 is 2.30. The van der Waals surface area contributed by atoms with E-state index in [-0.39, 0.29) is 30.4 Å². The number of ether oxygens (including phenoxy) is 2. The lowest BCUT2D eigenvalue weighted by atomic mass is 9.80. The Kier molecular flexibility index (Phi) is 9.01. The fraction of sp³-hybridized carbons (Fsp3) is 0.625. The fourth-order valence-electron chi connectivity index (χ4n) is 4.63. The molecule has 2 aliphatic rings. The number of likely N-dealkylation sites (N-methyl/N-ethyl adjacent to an activating group) is 1. The summed E-state index contributed by atoms with van der Waals surface area (Å²) < 4.78 is 13.3. The third-order valence-electron chi connectivity index (χ3n) is 6.32. The van der Waals surface area contributed by atoms with Crippen molar-refractivity contribution >= 4 is 28.5 Å². The van der Waals surface area contributed by atoms with Gasteiger partial charge in [-0.3, -0.25) is 4.79 Å². The molecule has 0 aromatic heterocycles. The van der Waals surface area contributed by atoms with Gasteiger partial charge in [-0.05, 0) is 79.0 Å². The molecule has 0 radical (unpaired) electrons. The summed E-state index contributed by atoms with van der Waals surface area (Å²) in [5.74, 6) is 0.402. The molecule has 30 heavy (non-hydrogen) atoms. The van der Waals surface area contributed by atoms with Crippen molar-refractivity contribution in [2.75, 3.05) is 20.3 Å². The Morgan fingerprint density at radius 1 is 1.23 bits per heavy atom. The van der Waals surface area contributed by atoms with Gasteiger partial charge in [-0.2, -0.15) is 0 Å². The molecule has 1 aliphatic heterocycles. The second kappa shape index (κ2) is 11.5. The minimum atomic E-state index is -0.491. The number of rotatable bonds is 8. The molecule has 0 bridgehead atoms. The van der Waals surface area contributed by atoms with E-state index in [2.05, 4.69) is 46.9 Å². The SMILES string of the molecule is CCO[C@H]1OC(C(=O)N(C)C2CCCCC2)=C[C@@H](c2ccc(I)cc2)[C@H]1CCCO. The van der Waals surface area contributed by atoms with Crippen LogP contribution in [-0.2, 0) is 14.3 Å². The van der Waals surface area contributed by atoms with Crippen molar-refractivity contribution in [3.63, 3.8) is 0 Å². The molecule has 1 N–H and O–H groups in total. The zero-order chi connectivity index (χ0) is 21.5. The van der Waals surface area contributed by atoms with E-state index >= 15 is 0 Å². The largest absolute Gasteiger partial charge is 0.459 e. The van der Waals surface area contributed by atoms with Crippen LogP contribution in [0.5, 0.6) is 0 Å². The van der Waals surface area contributed by atoms with Crippen LogP contribution in [0.25, 0.3) is 0 Å². The van der Waals surface area contributed by atoms with Crippen LogP contribution in [0.4, 0.5) is 0 Å². The standard InChI is InChI=1S/C24H34INO4/c1-3-29-24-20(10-7-15-27)21(17-11-13-18(25)14-12-17)16-22(30-24)23(28)26(2)19-8-5-4-6-9-19/h11-14,16,19-21,24,27H,3-10,15H2,1-2H3/t20-,21+,24+/m1/s1. The Hall–Kier alpha value is -1.12. The van der Waals surface area contributed by atoms with Crippen LogP contribution in [-0.4, -0.2) is 48.5 Å². The molecule has 3 atom stereocenters. The highest BCUT2D eigenvalue weighted by atomic mass is 127. The Bertz CT molecular complexity index is 714. The number of amides is 1. The molecule has 0 spiro atoms. The molecule has 0 unspecified atom stereocenters. The highest BCUT2D eigenvalue weighted by Gasteiger charge is 2.39. The van der Waals surface area contributed by atoms with Crippen LogP contribution in [0.3, 0.4) is 0 Å². The molecule has 1 heterocycles. The number of allylic oxidation sites excluding steroid dienone is 1. The van der Waals surface area contributed by atoms with E-state index in [4.69, 9.17) is 9.47 Å². The predicted molar refractivity (Wildman–Crippen MR) is 126 cm³/mol. The van der Waals surface area contributed by atoms with Crippen molar-refractivity contribution in [1.29, 1.82) is 0 Å². The highest BCUT2D eigenvalue weighted by Crippen LogP contribution is 2.40. The zero-order valence-corrected chi connectivity index (χ0v) is 20.2. The Labute approximate surface area is 194 Å². The lowest BCUT2D eigenvalue weighted by Gasteiger charge is -2.39. The molecule has 1 aromatic rings. The molecule has 1 saturated carbocycles. The van der Waals surface area contributed by atoms with Crippen LogP contribution in [0.15, 0.2) is 36.1 Å². The average Bonchev–Trinajstić information content (AvgIpc) is 2.78. The van der Waals surface area contributed by atoms with Gasteiger partial charge in [-0.15, -0.1) is 0 Å². The van der Waals surface area contributed by atoms with Gasteiger partial charge >= 0.3 is 0 Å². The van der Waals surface area contributed by atoms with Gasteiger partial charge in [0.2, 0.25) is 6.29 Å². The molecular formula is C24H34INO4. The summed E-state index contributed by atoms with van der Waals surface area (Å²) in [6.07, 6.45) is 8.68. The number of hydrogen-bond acceptors (Lipinski definition) is 4. The van der Waals surface area contributed by atoms with Crippen molar-refractivity contribution in [2.24, 2.45) is 5.92 Å². The van der Waals surface area contributed by atoms with Crippen molar-refractivity contribution in [3.8, 4) is 0 Å². The predicted octanol–water partition coefficient (Wildman–Crippen LogP) is 4.83. The lowest BCUT2D eigenvalue weighted by molar-refractivity contribution is -0.170. The number of aliphatic hydroxyl groups excluding tert-OH is 1. The zero-order valence-electron chi connectivity index (χ0n) is 18.1. The van der Waals surface area contributed by atoms with Crippen molar-refractivity contribution in [2.45, 2.75) is 70.1 Å². The fourth-order valence-corrected chi connectivity index (χ4v) is 4.99. The first-order chi connectivity index (χ1) is 14.5. The monoisotopic (exact) mass is 527 g/mol. The normalized spacial score (nSPS) is 24.8. The van der Waals surface area contributed by atoms with Gasteiger partial charge in [0.15, 0.2) is 5.76 Å². The summed E-state index contributed by atoms with van der Waals surface area (Å²) in [5, 5.41) is 9.40. The average molecular weight is 527 g/mol. The van der Waals surface area contributed by atoms with Crippen molar-refractivity contribution < 1.29 is 19.4 Å². The second-order valence-electron chi connectivity index (χ2n) is 8.29. The van der Waals surface area contributed by atoms with E-state index in [9.17, 15) is 9.90 Å². The van der Waals surface area contributed by atoms with E-state index in [1.807, 2.05) is 24.9 Å². The van der Waals surface area contributed by atoms with Crippen LogP contribution in [0.1, 0.15) is 63.4 Å². The molecule has 0 saturated heterocycles. The van der Waals surface area contributed by atoms with E-state index in [1.54, 1.807) is 0 Å². The first kappa shape index (κ1) is 23.5. The van der Waals surface area contributed by atoms with Crippen molar-refractivity contribution in [1.82, 2.24) is 4.90 Å². The maximum absolute atomic E-state index is 13.3. The van der Waals surface area contributed by atoms with Gasteiger partial charge in [-0.25, -0.2) is 0 Å². The third kappa shape index (κ3) is 5.77. The molecule has 1 amide bonds. The van der Waals surface area contributed by atoms with E-state index < -0.39 is 6.29 Å². The number of benzene rings is 1. The number of aliphatic hydroxyl groups is 1. The summed E-state index contributed by atoms with van der Waals surface area (Å²) in [4.78, 5) is 15.2. The number of nitrogens with zero attached hydrogens (tertiary/aromatic N) is 1. The van der Waals surface area contributed by atoms with Gasteiger partial charge < -0.3 is 19.5 Å². The molecule has 166 valence electrons. The second-order valence-corrected chi connectivity index (χ2v) is 9.53. The molecule has 3 rings (SSSR count). The van der Waals surface area contributed by atoms with Gasteiger partial charge in [0.25, 0.3) is 5.91 Å². The maximum Gasteiger partial charge on any atom is 0.288 e. The molecular weight excluding hydrogens is 493 g/mol. The first-order valence-electron chi connectivity index (χ1n) is 11.2. The Balaban J connectivity index is 1.90. The number of carbonyl (C=O) groups excluding carboxylic acids is 1. The van der Waals surface area contributed by atoms with Crippen LogP contribution in [0.2, 0.25) is 0 Å². The minimum Gasteiger partial charge on any atom is -0.459 e. The molecule has 6 heteroatoms. The molecule has 1 aromatic carbocycles. The summed E-state index contributed by atoms with van der Waals surface area (Å²) in [7, 11) is 1.90. The topological polar surface area (TPSA) is 59.0 Å². The van der Waals surface area contributed by atoms with Crippen molar-refractivity contribution in [3.05, 3.63) is 45.2 Å². The third-order valence-corrected chi connectivity index (χ3v) is 7.04. The van der Waals surface area contributed by atoms with Crippen LogP contribution >= 0.6 is 22.6 Å². The molecule has 5 nitrogen and oxygen atoms in total. The van der Waals surface area contributed by atoms with Gasteiger partial charge in [0.1, 0.15) is 0 Å². The smallest absolute Gasteiger partial charge is 0.288 e. The maximum atomic E-state index is 13.3. The Morgan fingerprint density at radius 3 is 2.57 bits per heavy atom. The summed E-state index contributed by atoms with van der Waals surface area (Å²) in [6, 6.07) is 8.71. The molecule has 1 fully saturated rings.